The fourth-order valence-electron chi connectivity index (χ4n) is 0.513. The van der Waals surface area contributed by atoms with Crippen molar-refractivity contribution < 1.29 is 10.2 Å². The molecule has 0 fully saturated rings. The Morgan fingerprint density at radius 1 is 1.31 bits per heavy atom. The molecule has 1 aromatic carbocycles. The van der Waals surface area contributed by atoms with Crippen molar-refractivity contribution in [2.75, 3.05) is 0 Å². The third kappa shape index (κ3) is 7.01. The standard InChI is InChI=1S/C7H5N.C3H8O2/c8-6-7-4-2-1-3-5-7;1-2-3(4)5/h1-5H;3-5H,2H2,1H3. The molecule has 2 N–H and O–H groups in total. The Kier molecular flexibility index (Phi) is 6.52. The van der Waals surface area contributed by atoms with Crippen LogP contribution < -0.4 is 0 Å². The van der Waals surface area contributed by atoms with Gasteiger partial charge in [0.15, 0.2) is 6.29 Å². The van der Waals surface area contributed by atoms with Crippen LogP contribution in [-0.4, -0.2) is 16.5 Å². The van der Waals surface area contributed by atoms with E-state index in [-0.39, 0.29) is 0 Å². The minimum absolute atomic E-state index is 0.417. The molecule has 0 aliphatic carbocycles. The van der Waals surface area contributed by atoms with E-state index in [0.29, 0.717) is 12.0 Å². The van der Waals surface area contributed by atoms with Crippen LogP contribution in [0.5, 0.6) is 0 Å². The smallest absolute Gasteiger partial charge is 0.151 e. The molecule has 0 aromatic heterocycles. The third-order valence-electron chi connectivity index (χ3n) is 1.27. The Morgan fingerprint density at radius 2 is 1.77 bits per heavy atom. The van der Waals surface area contributed by atoms with Crippen molar-refractivity contribution in [2.45, 2.75) is 19.6 Å². The second kappa shape index (κ2) is 7.29. The first-order valence-electron chi connectivity index (χ1n) is 4.02. The third-order valence-corrected chi connectivity index (χ3v) is 1.27. The van der Waals surface area contributed by atoms with Crippen LogP contribution in [0.15, 0.2) is 30.3 Å². The highest BCUT2D eigenvalue weighted by atomic mass is 16.5. The summed E-state index contributed by atoms with van der Waals surface area (Å²) in [5.41, 5.74) is 0.715. The summed E-state index contributed by atoms with van der Waals surface area (Å²) in [6.07, 6.45) is -0.699. The number of hydrogen-bond acceptors (Lipinski definition) is 3. The molecule has 0 amide bonds. The van der Waals surface area contributed by atoms with E-state index in [4.69, 9.17) is 15.5 Å². The van der Waals surface area contributed by atoms with Gasteiger partial charge in [0.2, 0.25) is 0 Å². The lowest BCUT2D eigenvalue weighted by Crippen LogP contribution is -1.99. The van der Waals surface area contributed by atoms with Gasteiger partial charge in [0, 0.05) is 0 Å². The highest BCUT2D eigenvalue weighted by Gasteiger charge is 1.83. The van der Waals surface area contributed by atoms with E-state index < -0.39 is 6.29 Å². The lowest BCUT2D eigenvalue weighted by atomic mass is 10.2. The van der Waals surface area contributed by atoms with E-state index in [1.807, 2.05) is 24.3 Å². The summed E-state index contributed by atoms with van der Waals surface area (Å²) >= 11 is 0. The van der Waals surface area contributed by atoms with Crippen LogP contribution in [0.25, 0.3) is 0 Å². The number of aliphatic hydroxyl groups is 2. The fourth-order valence-corrected chi connectivity index (χ4v) is 0.513. The Labute approximate surface area is 77.9 Å². The molecule has 1 aromatic rings. The summed E-state index contributed by atoms with van der Waals surface area (Å²) in [5, 5.41) is 24.1. The maximum absolute atomic E-state index is 8.29. The molecule has 13 heavy (non-hydrogen) atoms. The first-order valence-corrected chi connectivity index (χ1v) is 4.02. The molecule has 0 aliphatic rings. The molecular formula is C10H13NO2. The molecule has 0 heterocycles. The van der Waals surface area contributed by atoms with Crippen molar-refractivity contribution in [1.82, 2.24) is 0 Å². The van der Waals surface area contributed by atoms with E-state index in [1.54, 1.807) is 19.1 Å². The summed E-state index contributed by atoms with van der Waals surface area (Å²) in [7, 11) is 0. The average Bonchev–Trinajstić information content (AvgIpc) is 2.20. The van der Waals surface area contributed by atoms with Crippen LogP contribution in [-0.2, 0) is 0 Å². The maximum Gasteiger partial charge on any atom is 0.151 e. The van der Waals surface area contributed by atoms with Crippen molar-refractivity contribution in [2.24, 2.45) is 0 Å². The van der Waals surface area contributed by atoms with Gasteiger partial charge in [-0.3, -0.25) is 0 Å². The molecule has 0 aliphatic heterocycles. The Morgan fingerprint density at radius 3 is 2.00 bits per heavy atom. The Balaban J connectivity index is 0.000000252. The zero-order chi connectivity index (χ0) is 10.1. The maximum atomic E-state index is 8.29. The van der Waals surface area contributed by atoms with Gasteiger partial charge in [-0.1, -0.05) is 25.1 Å². The highest BCUT2D eigenvalue weighted by molar-refractivity contribution is 5.27. The first-order chi connectivity index (χ1) is 6.20. The quantitative estimate of drug-likeness (QED) is 0.638. The summed E-state index contributed by atoms with van der Waals surface area (Å²) < 4.78 is 0. The molecular weight excluding hydrogens is 166 g/mol. The monoisotopic (exact) mass is 179 g/mol. The van der Waals surface area contributed by atoms with Gasteiger partial charge in [-0.15, -0.1) is 0 Å². The lowest BCUT2D eigenvalue weighted by Gasteiger charge is -1.90. The largest absolute Gasteiger partial charge is 0.368 e. The molecule has 70 valence electrons. The summed E-state index contributed by atoms with van der Waals surface area (Å²) in [6, 6.07) is 11.2. The Bertz CT molecular complexity index is 251. The minimum atomic E-state index is -1.12. The van der Waals surface area contributed by atoms with Gasteiger partial charge < -0.3 is 10.2 Å². The van der Waals surface area contributed by atoms with E-state index in [1.165, 1.54) is 0 Å². The van der Waals surface area contributed by atoms with Gasteiger partial charge in [0.25, 0.3) is 0 Å². The number of nitrogens with zero attached hydrogens (tertiary/aromatic N) is 1. The predicted octanol–water partition coefficient (Wildman–Crippen LogP) is 1.27. The first kappa shape index (κ1) is 11.6. The van der Waals surface area contributed by atoms with Crippen LogP contribution in [0, 0.1) is 11.3 Å². The van der Waals surface area contributed by atoms with E-state index in [9.17, 15) is 0 Å². The van der Waals surface area contributed by atoms with Crippen molar-refractivity contribution in [3.63, 3.8) is 0 Å². The zero-order valence-corrected chi connectivity index (χ0v) is 7.51. The van der Waals surface area contributed by atoms with E-state index in [2.05, 4.69) is 0 Å². The van der Waals surface area contributed by atoms with Crippen LogP contribution >= 0.6 is 0 Å². The number of aliphatic hydroxyl groups excluding tert-OH is 1. The van der Waals surface area contributed by atoms with Gasteiger partial charge in [0.1, 0.15) is 0 Å². The van der Waals surface area contributed by atoms with Gasteiger partial charge in [-0.2, -0.15) is 5.26 Å². The normalized spacial score (nSPS) is 8.54. The molecule has 0 saturated carbocycles. The van der Waals surface area contributed by atoms with Crippen LogP contribution in [0.2, 0.25) is 0 Å². The van der Waals surface area contributed by atoms with Crippen molar-refractivity contribution in [1.29, 1.82) is 5.26 Å². The van der Waals surface area contributed by atoms with Gasteiger partial charge >= 0.3 is 0 Å². The molecule has 0 spiro atoms. The fraction of sp³-hybridized carbons (Fsp3) is 0.300. The molecule has 0 bridgehead atoms. The highest BCUT2D eigenvalue weighted by Crippen LogP contribution is 1.93. The molecule has 0 radical (unpaired) electrons. The molecule has 0 unspecified atom stereocenters. The van der Waals surface area contributed by atoms with Gasteiger partial charge in [-0.25, -0.2) is 0 Å². The van der Waals surface area contributed by atoms with E-state index >= 15 is 0 Å². The Hall–Kier alpha value is -1.37. The van der Waals surface area contributed by atoms with Crippen molar-refractivity contribution in [3.8, 4) is 6.07 Å². The van der Waals surface area contributed by atoms with Crippen molar-refractivity contribution >= 4 is 0 Å². The second-order valence-electron chi connectivity index (χ2n) is 2.37. The minimum Gasteiger partial charge on any atom is -0.368 e. The van der Waals surface area contributed by atoms with E-state index in [0.717, 1.165) is 0 Å². The second-order valence-corrected chi connectivity index (χ2v) is 2.37. The topological polar surface area (TPSA) is 64.2 Å². The summed E-state index contributed by atoms with van der Waals surface area (Å²) in [6.45, 7) is 1.70. The number of benzene rings is 1. The van der Waals surface area contributed by atoms with Gasteiger partial charge in [-0.05, 0) is 18.6 Å². The average molecular weight is 179 g/mol. The molecule has 0 saturated heterocycles. The molecule has 3 nitrogen and oxygen atoms in total. The SMILES string of the molecule is CCC(O)O.N#Cc1ccccc1. The summed E-state index contributed by atoms with van der Waals surface area (Å²) in [5.74, 6) is 0. The van der Waals surface area contributed by atoms with Crippen LogP contribution in [0.3, 0.4) is 0 Å². The number of nitriles is 1. The number of hydrogen-bond donors (Lipinski definition) is 2. The van der Waals surface area contributed by atoms with Gasteiger partial charge in [0.05, 0.1) is 11.6 Å². The molecule has 3 heteroatoms. The lowest BCUT2D eigenvalue weighted by molar-refractivity contribution is -0.0413. The number of rotatable bonds is 1. The van der Waals surface area contributed by atoms with Crippen LogP contribution in [0.4, 0.5) is 0 Å². The predicted molar refractivity (Wildman–Crippen MR) is 49.7 cm³/mol. The van der Waals surface area contributed by atoms with Crippen molar-refractivity contribution in [3.05, 3.63) is 35.9 Å². The zero-order valence-electron chi connectivity index (χ0n) is 7.51. The van der Waals surface area contributed by atoms with Crippen LogP contribution in [0.1, 0.15) is 18.9 Å². The molecule has 1 rings (SSSR count). The molecule has 0 atom stereocenters. The summed E-state index contributed by atoms with van der Waals surface area (Å²) in [4.78, 5) is 0.